The number of carbonyl (C=O) groups excluding carboxylic acids is 1. The van der Waals surface area contributed by atoms with E-state index < -0.39 is 11.7 Å². The van der Waals surface area contributed by atoms with Crippen molar-refractivity contribution in [3.05, 3.63) is 63.9 Å². The molecule has 0 fully saturated rings. The van der Waals surface area contributed by atoms with Crippen molar-refractivity contribution in [2.75, 3.05) is 5.32 Å². The van der Waals surface area contributed by atoms with Gasteiger partial charge in [0.15, 0.2) is 0 Å². The second-order valence-electron chi connectivity index (χ2n) is 5.23. The standard InChI is InChI=1S/C17H15ClFNO/c18-12-8-9-14(15(19)10-12)17(21)20-16-7-3-5-11-4-1-2-6-13(11)16/h3,5,7-10H,1-2,4,6H2,(H,20,21). The van der Waals surface area contributed by atoms with Crippen LogP contribution in [0.3, 0.4) is 0 Å². The summed E-state index contributed by atoms with van der Waals surface area (Å²) in [4.78, 5) is 12.2. The average molecular weight is 304 g/mol. The molecule has 1 N–H and O–H groups in total. The number of halogens is 2. The van der Waals surface area contributed by atoms with Crippen molar-refractivity contribution in [2.45, 2.75) is 25.7 Å². The molecular weight excluding hydrogens is 289 g/mol. The maximum absolute atomic E-state index is 13.8. The lowest BCUT2D eigenvalue weighted by molar-refractivity contribution is 0.102. The molecular formula is C17H15ClFNO. The lowest BCUT2D eigenvalue weighted by atomic mass is 9.90. The van der Waals surface area contributed by atoms with Gasteiger partial charge in [-0.05, 0) is 61.1 Å². The average Bonchev–Trinajstić information content (AvgIpc) is 2.47. The normalized spacial score (nSPS) is 13.6. The smallest absolute Gasteiger partial charge is 0.258 e. The van der Waals surface area contributed by atoms with Crippen molar-refractivity contribution in [2.24, 2.45) is 0 Å². The predicted octanol–water partition coefficient (Wildman–Crippen LogP) is 4.61. The van der Waals surface area contributed by atoms with E-state index in [9.17, 15) is 9.18 Å². The Labute approximate surface area is 127 Å². The summed E-state index contributed by atoms with van der Waals surface area (Å²) in [6.07, 6.45) is 4.29. The number of rotatable bonds is 2. The summed E-state index contributed by atoms with van der Waals surface area (Å²) >= 11 is 5.70. The van der Waals surface area contributed by atoms with Crippen LogP contribution in [0.25, 0.3) is 0 Å². The first-order valence-electron chi connectivity index (χ1n) is 7.02. The van der Waals surface area contributed by atoms with Crippen molar-refractivity contribution in [3.8, 4) is 0 Å². The summed E-state index contributed by atoms with van der Waals surface area (Å²) in [6, 6.07) is 9.96. The van der Waals surface area contributed by atoms with Crippen LogP contribution in [0.4, 0.5) is 10.1 Å². The Bertz CT molecular complexity index is 699. The second kappa shape index (κ2) is 5.86. The molecule has 2 aromatic rings. The summed E-state index contributed by atoms with van der Waals surface area (Å²) in [5, 5.41) is 3.10. The van der Waals surface area contributed by atoms with E-state index in [1.807, 2.05) is 12.1 Å². The van der Waals surface area contributed by atoms with Crippen LogP contribution in [0.2, 0.25) is 5.02 Å². The Morgan fingerprint density at radius 1 is 1.14 bits per heavy atom. The Morgan fingerprint density at radius 2 is 1.95 bits per heavy atom. The van der Waals surface area contributed by atoms with Crippen molar-refractivity contribution >= 4 is 23.2 Å². The van der Waals surface area contributed by atoms with Crippen molar-refractivity contribution in [1.29, 1.82) is 0 Å². The zero-order valence-electron chi connectivity index (χ0n) is 11.5. The second-order valence-corrected chi connectivity index (χ2v) is 5.67. The number of nitrogens with one attached hydrogen (secondary N) is 1. The van der Waals surface area contributed by atoms with Crippen molar-refractivity contribution in [1.82, 2.24) is 0 Å². The molecule has 2 nitrogen and oxygen atoms in total. The minimum Gasteiger partial charge on any atom is -0.322 e. The van der Waals surface area contributed by atoms with Gasteiger partial charge in [0.1, 0.15) is 5.82 Å². The summed E-state index contributed by atoms with van der Waals surface area (Å²) in [7, 11) is 0. The van der Waals surface area contributed by atoms with Crippen molar-refractivity contribution in [3.63, 3.8) is 0 Å². The summed E-state index contributed by atoms with van der Waals surface area (Å²) in [5.41, 5.74) is 3.24. The molecule has 21 heavy (non-hydrogen) atoms. The van der Waals surface area contributed by atoms with Gasteiger partial charge in [0.05, 0.1) is 5.56 Å². The summed E-state index contributed by atoms with van der Waals surface area (Å²) in [5.74, 6) is -1.05. The topological polar surface area (TPSA) is 29.1 Å². The van der Waals surface area contributed by atoms with Crippen molar-refractivity contribution < 1.29 is 9.18 Å². The van der Waals surface area contributed by atoms with E-state index in [2.05, 4.69) is 11.4 Å². The largest absolute Gasteiger partial charge is 0.322 e. The molecule has 1 amide bonds. The molecule has 2 aromatic carbocycles. The van der Waals surface area contributed by atoms with Gasteiger partial charge in [0.2, 0.25) is 0 Å². The first-order valence-corrected chi connectivity index (χ1v) is 7.40. The Morgan fingerprint density at radius 3 is 2.76 bits per heavy atom. The third-order valence-electron chi connectivity index (χ3n) is 3.82. The fourth-order valence-corrected chi connectivity index (χ4v) is 2.92. The summed E-state index contributed by atoms with van der Waals surface area (Å²) in [6.45, 7) is 0. The highest BCUT2D eigenvalue weighted by Gasteiger charge is 2.17. The molecule has 0 spiro atoms. The third kappa shape index (κ3) is 2.93. The molecule has 1 aliphatic carbocycles. The Kier molecular flexibility index (Phi) is 3.93. The van der Waals surface area contributed by atoms with Gasteiger partial charge in [0, 0.05) is 10.7 Å². The number of anilines is 1. The number of amides is 1. The Balaban J connectivity index is 1.88. The van der Waals surface area contributed by atoms with Crippen LogP contribution in [0.1, 0.15) is 34.3 Å². The van der Waals surface area contributed by atoms with E-state index in [0.29, 0.717) is 0 Å². The fraction of sp³-hybridized carbons (Fsp3) is 0.235. The van der Waals surface area contributed by atoms with E-state index in [1.54, 1.807) is 0 Å². The van der Waals surface area contributed by atoms with Crippen LogP contribution in [0.15, 0.2) is 36.4 Å². The fourth-order valence-electron chi connectivity index (χ4n) is 2.76. The molecule has 0 saturated heterocycles. The quantitative estimate of drug-likeness (QED) is 0.862. The van der Waals surface area contributed by atoms with Gasteiger partial charge in [-0.3, -0.25) is 4.79 Å². The van der Waals surface area contributed by atoms with Gasteiger partial charge in [-0.1, -0.05) is 23.7 Å². The highest BCUT2D eigenvalue weighted by Crippen LogP contribution is 2.28. The lowest BCUT2D eigenvalue weighted by Gasteiger charge is -2.19. The van der Waals surface area contributed by atoms with Gasteiger partial charge in [-0.15, -0.1) is 0 Å². The highest BCUT2D eigenvalue weighted by atomic mass is 35.5. The monoisotopic (exact) mass is 303 g/mol. The van der Waals surface area contributed by atoms with Gasteiger partial charge in [0.25, 0.3) is 5.91 Å². The van der Waals surface area contributed by atoms with Crippen LogP contribution in [-0.2, 0) is 12.8 Å². The molecule has 0 atom stereocenters. The Hall–Kier alpha value is -1.87. The van der Waals surface area contributed by atoms with Crippen LogP contribution < -0.4 is 5.32 Å². The first kappa shape index (κ1) is 14.1. The van der Waals surface area contributed by atoms with E-state index in [1.165, 1.54) is 29.7 Å². The third-order valence-corrected chi connectivity index (χ3v) is 4.05. The lowest BCUT2D eigenvalue weighted by Crippen LogP contribution is -2.16. The van der Waals surface area contributed by atoms with Crippen LogP contribution in [0.5, 0.6) is 0 Å². The number of carbonyl (C=O) groups is 1. The molecule has 0 unspecified atom stereocenters. The van der Waals surface area contributed by atoms with Gasteiger partial charge in [-0.25, -0.2) is 4.39 Å². The van der Waals surface area contributed by atoms with Gasteiger partial charge in [-0.2, -0.15) is 0 Å². The first-order chi connectivity index (χ1) is 10.1. The van der Waals surface area contributed by atoms with Crippen LogP contribution in [0, 0.1) is 5.82 Å². The zero-order chi connectivity index (χ0) is 14.8. The molecule has 3 rings (SSSR count). The molecule has 0 heterocycles. The number of fused-ring (bicyclic) bond motifs is 1. The van der Waals surface area contributed by atoms with Gasteiger partial charge < -0.3 is 5.32 Å². The maximum Gasteiger partial charge on any atom is 0.258 e. The van der Waals surface area contributed by atoms with E-state index in [4.69, 9.17) is 11.6 Å². The molecule has 4 heteroatoms. The molecule has 1 aliphatic rings. The molecule has 0 aromatic heterocycles. The van der Waals surface area contributed by atoms with Gasteiger partial charge >= 0.3 is 0 Å². The minimum atomic E-state index is -0.607. The number of hydrogen-bond donors (Lipinski definition) is 1. The molecule has 0 saturated carbocycles. The minimum absolute atomic E-state index is 0.00723. The van der Waals surface area contributed by atoms with Crippen LogP contribution in [-0.4, -0.2) is 5.91 Å². The number of benzene rings is 2. The van der Waals surface area contributed by atoms with E-state index >= 15 is 0 Å². The molecule has 0 radical (unpaired) electrons. The number of hydrogen-bond acceptors (Lipinski definition) is 1. The molecule has 0 bridgehead atoms. The molecule has 108 valence electrons. The SMILES string of the molecule is O=C(Nc1cccc2c1CCCC2)c1ccc(Cl)cc1F. The van der Waals surface area contributed by atoms with E-state index in [0.717, 1.165) is 31.0 Å². The summed E-state index contributed by atoms with van der Waals surface area (Å²) < 4.78 is 13.8. The highest BCUT2D eigenvalue weighted by molar-refractivity contribution is 6.30. The number of aryl methyl sites for hydroxylation is 1. The predicted molar refractivity (Wildman–Crippen MR) is 82.4 cm³/mol. The maximum atomic E-state index is 13.8. The van der Waals surface area contributed by atoms with Crippen LogP contribution >= 0.6 is 11.6 Å². The molecule has 0 aliphatic heterocycles. The zero-order valence-corrected chi connectivity index (χ0v) is 12.2. The van der Waals surface area contributed by atoms with E-state index in [-0.39, 0.29) is 10.6 Å².